The van der Waals surface area contributed by atoms with E-state index in [1.54, 1.807) is 7.11 Å². The summed E-state index contributed by atoms with van der Waals surface area (Å²) in [4.78, 5) is 1.37. The zero-order valence-corrected chi connectivity index (χ0v) is 12.5. The Hall–Kier alpha value is -0.670. The van der Waals surface area contributed by atoms with E-state index in [1.807, 2.05) is 11.8 Å². The molecule has 1 heterocycles. The fourth-order valence-electron chi connectivity index (χ4n) is 2.46. The van der Waals surface area contributed by atoms with Crippen molar-refractivity contribution in [1.82, 2.24) is 5.32 Å². The van der Waals surface area contributed by atoms with E-state index in [2.05, 4.69) is 44.3 Å². The van der Waals surface area contributed by atoms with Crippen molar-refractivity contribution in [3.63, 3.8) is 0 Å². The third kappa shape index (κ3) is 2.67. The SMILES string of the molecule is CCCNC1c2ccc(OC)cc2SC(C)C1C. The number of hydrogen-bond donors (Lipinski definition) is 1. The van der Waals surface area contributed by atoms with E-state index >= 15 is 0 Å². The van der Waals surface area contributed by atoms with Gasteiger partial charge in [-0.1, -0.05) is 26.8 Å². The number of methoxy groups -OCH3 is 1. The number of benzene rings is 1. The second-order valence-corrected chi connectivity index (χ2v) is 6.44. The normalized spacial score (nSPS) is 26.8. The van der Waals surface area contributed by atoms with E-state index in [0.717, 1.165) is 12.3 Å². The van der Waals surface area contributed by atoms with Crippen molar-refractivity contribution < 1.29 is 4.74 Å². The van der Waals surface area contributed by atoms with Crippen LogP contribution in [0.3, 0.4) is 0 Å². The van der Waals surface area contributed by atoms with Crippen LogP contribution in [-0.4, -0.2) is 18.9 Å². The summed E-state index contributed by atoms with van der Waals surface area (Å²) < 4.78 is 5.32. The molecule has 0 saturated heterocycles. The average molecular weight is 265 g/mol. The Kier molecular flexibility index (Phi) is 4.57. The lowest BCUT2D eigenvalue weighted by atomic mass is 9.91. The Morgan fingerprint density at radius 2 is 2.11 bits per heavy atom. The second-order valence-electron chi connectivity index (χ2n) is 5.02. The molecule has 1 aromatic rings. The highest BCUT2D eigenvalue weighted by Crippen LogP contribution is 2.45. The van der Waals surface area contributed by atoms with E-state index in [0.29, 0.717) is 17.2 Å². The summed E-state index contributed by atoms with van der Waals surface area (Å²) in [6.07, 6.45) is 1.18. The predicted octanol–water partition coefficient (Wildman–Crippen LogP) is 3.87. The maximum Gasteiger partial charge on any atom is 0.119 e. The molecule has 0 bridgehead atoms. The topological polar surface area (TPSA) is 21.3 Å². The molecule has 1 aromatic carbocycles. The number of hydrogen-bond acceptors (Lipinski definition) is 3. The van der Waals surface area contributed by atoms with Crippen LogP contribution in [0.4, 0.5) is 0 Å². The van der Waals surface area contributed by atoms with Crippen LogP contribution in [-0.2, 0) is 0 Å². The quantitative estimate of drug-likeness (QED) is 0.893. The minimum absolute atomic E-state index is 0.474. The summed E-state index contributed by atoms with van der Waals surface area (Å²) in [6.45, 7) is 7.96. The molecule has 3 heteroatoms. The highest BCUT2D eigenvalue weighted by molar-refractivity contribution is 8.00. The fraction of sp³-hybridized carbons (Fsp3) is 0.600. The molecule has 2 rings (SSSR count). The Labute approximate surface area is 114 Å². The number of nitrogens with one attached hydrogen (secondary N) is 1. The standard InChI is InChI=1S/C15H23NOS/c1-5-8-16-15-10(2)11(3)18-14-9-12(17-4)6-7-13(14)15/h6-7,9-11,15-16H,5,8H2,1-4H3. The summed E-state index contributed by atoms with van der Waals surface area (Å²) in [5, 5.41) is 4.33. The molecule has 0 saturated carbocycles. The lowest BCUT2D eigenvalue weighted by molar-refractivity contribution is 0.370. The zero-order chi connectivity index (χ0) is 13.1. The summed E-state index contributed by atoms with van der Waals surface area (Å²) in [5.41, 5.74) is 1.43. The molecule has 0 radical (unpaired) electrons. The molecule has 0 spiro atoms. The molecular formula is C15H23NOS. The molecule has 1 aliphatic heterocycles. The van der Waals surface area contributed by atoms with E-state index in [4.69, 9.17) is 4.74 Å². The summed E-state index contributed by atoms with van der Waals surface area (Å²) in [7, 11) is 1.73. The lowest BCUT2D eigenvalue weighted by Crippen LogP contribution is -2.34. The van der Waals surface area contributed by atoms with Crippen LogP contribution in [0.15, 0.2) is 23.1 Å². The van der Waals surface area contributed by atoms with Crippen LogP contribution < -0.4 is 10.1 Å². The molecule has 0 aromatic heterocycles. The van der Waals surface area contributed by atoms with Crippen LogP contribution in [0.2, 0.25) is 0 Å². The first-order valence-electron chi connectivity index (χ1n) is 6.75. The number of rotatable bonds is 4. The molecule has 0 aliphatic carbocycles. The van der Waals surface area contributed by atoms with Gasteiger partial charge in [0.15, 0.2) is 0 Å². The van der Waals surface area contributed by atoms with Gasteiger partial charge in [0.1, 0.15) is 5.75 Å². The van der Waals surface area contributed by atoms with Crippen molar-refractivity contribution in [2.45, 2.75) is 43.4 Å². The van der Waals surface area contributed by atoms with Gasteiger partial charge in [0.2, 0.25) is 0 Å². The molecule has 3 atom stereocenters. The third-order valence-corrected chi connectivity index (χ3v) is 5.16. The monoisotopic (exact) mass is 265 g/mol. The van der Waals surface area contributed by atoms with Crippen molar-refractivity contribution in [3.05, 3.63) is 23.8 Å². The molecule has 1 N–H and O–H groups in total. The minimum atomic E-state index is 0.474. The van der Waals surface area contributed by atoms with E-state index in [1.165, 1.54) is 16.9 Å². The van der Waals surface area contributed by atoms with Crippen molar-refractivity contribution in [1.29, 1.82) is 0 Å². The van der Waals surface area contributed by atoms with E-state index in [-0.39, 0.29) is 0 Å². The molecule has 18 heavy (non-hydrogen) atoms. The lowest BCUT2D eigenvalue weighted by Gasteiger charge is -2.36. The molecule has 0 amide bonds. The Bertz CT molecular complexity index is 407. The average Bonchev–Trinajstić information content (AvgIpc) is 2.39. The van der Waals surface area contributed by atoms with Crippen LogP contribution in [0.25, 0.3) is 0 Å². The van der Waals surface area contributed by atoms with Gasteiger partial charge in [0.25, 0.3) is 0 Å². The Morgan fingerprint density at radius 3 is 2.78 bits per heavy atom. The van der Waals surface area contributed by atoms with E-state index in [9.17, 15) is 0 Å². The maximum absolute atomic E-state index is 5.32. The van der Waals surface area contributed by atoms with Crippen molar-refractivity contribution in [2.75, 3.05) is 13.7 Å². The molecule has 3 unspecified atom stereocenters. The van der Waals surface area contributed by atoms with Gasteiger partial charge in [-0.3, -0.25) is 0 Å². The van der Waals surface area contributed by atoms with Gasteiger partial charge in [0, 0.05) is 16.2 Å². The highest BCUT2D eigenvalue weighted by Gasteiger charge is 2.31. The maximum atomic E-state index is 5.32. The van der Waals surface area contributed by atoms with Crippen LogP contribution in [0.5, 0.6) is 5.75 Å². The first-order chi connectivity index (χ1) is 8.67. The first-order valence-corrected chi connectivity index (χ1v) is 7.63. The fourth-order valence-corrected chi connectivity index (χ4v) is 3.75. The summed E-state index contributed by atoms with van der Waals surface area (Å²) >= 11 is 1.97. The summed E-state index contributed by atoms with van der Waals surface area (Å²) in [6, 6.07) is 6.94. The van der Waals surface area contributed by atoms with Gasteiger partial charge in [0.05, 0.1) is 7.11 Å². The molecule has 0 fully saturated rings. The minimum Gasteiger partial charge on any atom is -0.497 e. The van der Waals surface area contributed by atoms with Gasteiger partial charge in [-0.25, -0.2) is 0 Å². The Morgan fingerprint density at radius 1 is 1.33 bits per heavy atom. The zero-order valence-electron chi connectivity index (χ0n) is 11.7. The largest absolute Gasteiger partial charge is 0.497 e. The van der Waals surface area contributed by atoms with Gasteiger partial charge in [-0.2, -0.15) is 0 Å². The number of fused-ring (bicyclic) bond motifs is 1. The highest BCUT2D eigenvalue weighted by atomic mass is 32.2. The van der Waals surface area contributed by atoms with Gasteiger partial charge < -0.3 is 10.1 Å². The smallest absolute Gasteiger partial charge is 0.119 e. The van der Waals surface area contributed by atoms with Crippen molar-refractivity contribution in [3.8, 4) is 5.75 Å². The Balaban J connectivity index is 2.31. The van der Waals surface area contributed by atoms with E-state index < -0.39 is 0 Å². The van der Waals surface area contributed by atoms with Crippen LogP contribution in [0, 0.1) is 5.92 Å². The molecule has 1 aliphatic rings. The molecular weight excluding hydrogens is 242 g/mol. The second kappa shape index (κ2) is 5.98. The van der Waals surface area contributed by atoms with Crippen LogP contribution >= 0.6 is 11.8 Å². The van der Waals surface area contributed by atoms with Gasteiger partial charge in [-0.15, -0.1) is 11.8 Å². The van der Waals surface area contributed by atoms with Gasteiger partial charge in [-0.05, 0) is 36.6 Å². The van der Waals surface area contributed by atoms with Crippen molar-refractivity contribution in [2.24, 2.45) is 5.92 Å². The number of ether oxygens (including phenoxy) is 1. The van der Waals surface area contributed by atoms with Crippen LogP contribution in [0.1, 0.15) is 38.8 Å². The first kappa shape index (κ1) is 13.8. The summed E-state index contributed by atoms with van der Waals surface area (Å²) in [5.74, 6) is 1.61. The molecule has 100 valence electrons. The molecule has 2 nitrogen and oxygen atoms in total. The number of thioether (sulfide) groups is 1. The van der Waals surface area contributed by atoms with Gasteiger partial charge >= 0.3 is 0 Å². The third-order valence-electron chi connectivity index (χ3n) is 3.75. The van der Waals surface area contributed by atoms with Crippen molar-refractivity contribution >= 4 is 11.8 Å². The predicted molar refractivity (Wildman–Crippen MR) is 78.5 cm³/mol.